The second kappa shape index (κ2) is 7.67. The third-order valence-corrected chi connectivity index (χ3v) is 7.43. The van der Waals surface area contributed by atoms with Gasteiger partial charge in [0.05, 0.1) is 6.61 Å². The molecule has 0 aromatic heterocycles. The number of rotatable bonds is 7. The first-order chi connectivity index (χ1) is 8.19. The average molecular weight is 250 g/mol. The Labute approximate surface area is 108 Å². The number of hydrogen-bond donors (Lipinski definition) is 0. The molecule has 96 valence electrons. The van der Waals surface area contributed by atoms with Crippen molar-refractivity contribution >= 4 is 9.04 Å². The molecule has 2 heteroatoms. The highest BCUT2D eigenvalue weighted by Crippen LogP contribution is 2.27. The molecule has 0 heterocycles. The zero-order valence-corrected chi connectivity index (χ0v) is 12.8. The van der Waals surface area contributed by atoms with Gasteiger partial charge in [0.1, 0.15) is 0 Å². The maximum Gasteiger partial charge on any atom is 0.183 e. The van der Waals surface area contributed by atoms with Crippen LogP contribution in [0.4, 0.5) is 0 Å². The van der Waals surface area contributed by atoms with Gasteiger partial charge in [-0.2, -0.15) is 0 Å². The van der Waals surface area contributed by atoms with Crippen LogP contribution in [-0.4, -0.2) is 9.04 Å². The fourth-order valence-corrected chi connectivity index (χ4v) is 5.21. The van der Waals surface area contributed by atoms with Gasteiger partial charge in [-0.3, -0.25) is 0 Å². The molecule has 0 aliphatic heterocycles. The summed E-state index contributed by atoms with van der Waals surface area (Å²) < 4.78 is 6.27. The Kier molecular flexibility index (Phi) is 6.52. The molecule has 1 aromatic rings. The molecule has 0 N–H and O–H groups in total. The number of hydrogen-bond acceptors (Lipinski definition) is 1. The zero-order valence-electron chi connectivity index (χ0n) is 11.6. The van der Waals surface area contributed by atoms with Crippen molar-refractivity contribution in [2.24, 2.45) is 0 Å². The predicted octanol–water partition coefficient (Wildman–Crippen LogP) is 4.53. The maximum atomic E-state index is 6.27. The molecule has 0 aliphatic carbocycles. The molecule has 0 bridgehead atoms. The zero-order chi connectivity index (χ0) is 12.7. The summed E-state index contributed by atoms with van der Waals surface area (Å²) in [6, 6.07) is 10.5. The molecule has 0 spiro atoms. The Morgan fingerprint density at radius 3 is 2.00 bits per heavy atom. The van der Waals surface area contributed by atoms with E-state index >= 15 is 0 Å². The molecule has 17 heavy (non-hydrogen) atoms. The van der Waals surface area contributed by atoms with E-state index in [-0.39, 0.29) is 0 Å². The summed E-state index contributed by atoms with van der Waals surface area (Å²) in [5.74, 6) is 0. The minimum Gasteiger partial charge on any atom is -0.415 e. The average Bonchev–Trinajstić information content (AvgIpc) is 2.39. The Bertz CT molecular complexity index is 289. The van der Waals surface area contributed by atoms with E-state index in [1.54, 1.807) is 0 Å². The largest absolute Gasteiger partial charge is 0.415 e. The Morgan fingerprint density at radius 2 is 1.53 bits per heavy atom. The van der Waals surface area contributed by atoms with Gasteiger partial charge < -0.3 is 4.43 Å². The molecule has 2 unspecified atom stereocenters. The minimum atomic E-state index is -1.09. The van der Waals surface area contributed by atoms with Crippen LogP contribution >= 0.6 is 0 Å². The van der Waals surface area contributed by atoms with Crippen LogP contribution in [0.5, 0.6) is 0 Å². The highest BCUT2D eigenvalue weighted by Gasteiger charge is 2.24. The lowest BCUT2D eigenvalue weighted by atomic mass is 10.2. The van der Waals surface area contributed by atoms with Gasteiger partial charge in [-0.15, -0.1) is 0 Å². The van der Waals surface area contributed by atoms with E-state index in [0.717, 1.165) is 17.7 Å². The number of benzene rings is 1. The van der Waals surface area contributed by atoms with E-state index in [1.807, 2.05) is 0 Å². The van der Waals surface area contributed by atoms with Crippen molar-refractivity contribution in [2.75, 3.05) is 0 Å². The van der Waals surface area contributed by atoms with Crippen LogP contribution < -0.4 is 0 Å². The van der Waals surface area contributed by atoms with Crippen molar-refractivity contribution in [3.8, 4) is 0 Å². The second-order valence-corrected chi connectivity index (χ2v) is 8.57. The third kappa shape index (κ3) is 4.64. The molecule has 0 saturated carbocycles. The fourth-order valence-electron chi connectivity index (χ4n) is 2.12. The normalized spacial score (nSPS) is 16.5. The monoisotopic (exact) mass is 250 g/mol. The molecule has 0 fully saturated rings. The lowest BCUT2D eigenvalue weighted by molar-refractivity contribution is 0.291. The molecule has 0 saturated heterocycles. The smallest absolute Gasteiger partial charge is 0.183 e. The molecule has 2 atom stereocenters. The van der Waals surface area contributed by atoms with Crippen molar-refractivity contribution in [2.45, 2.75) is 58.2 Å². The van der Waals surface area contributed by atoms with E-state index in [1.165, 1.54) is 18.4 Å². The van der Waals surface area contributed by atoms with Crippen LogP contribution in [0, 0.1) is 0 Å². The van der Waals surface area contributed by atoms with E-state index in [2.05, 4.69) is 58.0 Å². The summed E-state index contributed by atoms with van der Waals surface area (Å²) >= 11 is 0. The summed E-state index contributed by atoms with van der Waals surface area (Å²) in [6.07, 6.45) is 2.49. The van der Waals surface area contributed by atoms with Crippen molar-refractivity contribution in [3.63, 3.8) is 0 Å². The lowest BCUT2D eigenvalue weighted by Gasteiger charge is -2.26. The van der Waals surface area contributed by atoms with Crippen LogP contribution in [0.25, 0.3) is 0 Å². The van der Waals surface area contributed by atoms with Gasteiger partial charge in [0.25, 0.3) is 0 Å². The predicted molar refractivity (Wildman–Crippen MR) is 77.8 cm³/mol. The van der Waals surface area contributed by atoms with E-state index in [9.17, 15) is 0 Å². The van der Waals surface area contributed by atoms with E-state index in [4.69, 9.17) is 4.43 Å². The van der Waals surface area contributed by atoms with Crippen LogP contribution in [0.1, 0.15) is 46.1 Å². The van der Waals surface area contributed by atoms with Crippen molar-refractivity contribution in [3.05, 3.63) is 35.9 Å². The summed E-state index contributed by atoms with van der Waals surface area (Å²) in [5, 5.41) is 0. The van der Waals surface area contributed by atoms with Gasteiger partial charge in [0, 0.05) is 0 Å². The Balaban J connectivity index is 2.55. The van der Waals surface area contributed by atoms with Crippen LogP contribution in [0.15, 0.2) is 30.3 Å². The topological polar surface area (TPSA) is 9.23 Å². The maximum absolute atomic E-state index is 6.27. The van der Waals surface area contributed by atoms with Gasteiger partial charge in [-0.1, -0.05) is 70.9 Å². The standard InChI is InChI=1S/C15H26OSi/c1-5-13(3)17(14(4)6-2)16-12-15-10-8-7-9-11-15/h7-11,13-14,17H,5-6,12H2,1-4H3. The molecule has 0 aliphatic rings. The fraction of sp³-hybridized carbons (Fsp3) is 0.600. The van der Waals surface area contributed by atoms with E-state index < -0.39 is 9.04 Å². The first-order valence-corrected chi connectivity index (χ1v) is 8.65. The van der Waals surface area contributed by atoms with E-state index in [0.29, 0.717) is 0 Å². The van der Waals surface area contributed by atoms with Gasteiger partial charge in [-0.05, 0) is 16.6 Å². The first kappa shape index (κ1) is 14.5. The quantitative estimate of drug-likeness (QED) is 0.646. The molecule has 1 aromatic carbocycles. The first-order valence-electron chi connectivity index (χ1n) is 6.84. The van der Waals surface area contributed by atoms with Gasteiger partial charge in [0.15, 0.2) is 9.04 Å². The molecule has 1 nitrogen and oxygen atoms in total. The van der Waals surface area contributed by atoms with Crippen molar-refractivity contribution < 1.29 is 4.43 Å². The Morgan fingerprint density at radius 1 is 1.00 bits per heavy atom. The van der Waals surface area contributed by atoms with Crippen LogP contribution in [0.2, 0.25) is 11.1 Å². The van der Waals surface area contributed by atoms with Gasteiger partial charge in [0.2, 0.25) is 0 Å². The highest BCUT2D eigenvalue weighted by atomic mass is 28.3. The lowest BCUT2D eigenvalue weighted by Crippen LogP contribution is -2.27. The van der Waals surface area contributed by atoms with Crippen LogP contribution in [-0.2, 0) is 11.0 Å². The summed E-state index contributed by atoms with van der Waals surface area (Å²) in [4.78, 5) is 0. The second-order valence-electron chi connectivity index (χ2n) is 5.03. The molecular formula is C15H26OSi. The molecule has 0 radical (unpaired) electrons. The SMILES string of the molecule is CCC(C)[SiH](OCc1ccccc1)C(C)CC. The van der Waals surface area contributed by atoms with Crippen LogP contribution in [0.3, 0.4) is 0 Å². The minimum absolute atomic E-state index is 0.772. The third-order valence-electron chi connectivity index (χ3n) is 3.69. The summed E-state index contributed by atoms with van der Waals surface area (Å²) in [6.45, 7) is 10.1. The molecule has 1 rings (SSSR count). The Hall–Kier alpha value is -0.603. The summed E-state index contributed by atoms with van der Waals surface area (Å²) in [7, 11) is -1.09. The van der Waals surface area contributed by atoms with Gasteiger partial charge >= 0.3 is 0 Å². The highest BCUT2D eigenvalue weighted by molar-refractivity contribution is 6.55. The van der Waals surface area contributed by atoms with Crippen molar-refractivity contribution in [1.29, 1.82) is 0 Å². The van der Waals surface area contributed by atoms with Crippen molar-refractivity contribution in [1.82, 2.24) is 0 Å². The molecule has 0 amide bonds. The molecular weight excluding hydrogens is 224 g/mol. The summed E-state index contributed by atoms with van der Waals surface area (Å²) in [5.41, 5.74) is 2.85. The van der Waals surface area contributed by atoms with Gasteiger partial charge in [-0.25, -0.2) is 0 Å².